The molecule has 1 aliphatic rings. The Labute approximate surface area is 190 Å². The number of amides is 2. The van der Waals surface area contributed by atoms with Gasteiger partial charge in [-0.25, -0.2) is 9.50 Å². The van der Waals surface area contributed by atoms with Crippen LogP contribution in [-0.4, -0.2) is 91.9 Å². The maximum atomic E-state index is 13.0. The monoisotopic (exact) mass is 469 g/mol. The van der Waals surface area contributed by atoms with Crippen molar-refractivity contribution < 1.29 is 22.8 Å². The Kier molecular flexibility index (Phi) is 7.55. The van der Waals surface area contributed by atoms with E-state index in [4.69, 9.17) is 0 Å². The average molecular weight is 470 g/mol. The first kappa shape index (κ1) is 24.9. The molecule has 9 nitrogen and oxygen atoms in total. The molecule has 0 atom stereocenters. The van der Waals surface area contributed by atoms with Gasteiger partial charge in [0.15, 0.2) is 0 Å². The maximum Gasteiger partial charge on any atom is 0.453 e. The summed E-state index contributed by atoms with van der Waals surface area (Å²) >= 11 is 0. The predicted octanol–water partition coefficient (Wildman–Crippen LogP) is 1.71. The van der Waals surface area contributed by atoms with Crippen LogP contribution in [0, 0.1) is 13.8 Å². The molecule has 0 radical (unpaired) electrons. The van der Waals surface area contributed by atoms with E-state index < -0.39 is 12.0 Å². The van der Waals surface area contributed by atoms with E-state index in [0.29, 0.717) is 69.2 Å². The topological polar surface area (TPSA) is 86.9 Å². The van der Waals surface area contributed by atoms with E-state index in [1.165, 1.54) is 0 Å². The van der Waals surface area contributed by atoms with Gasteiger partial charge in [-0.2, -0.15) is 18.2 Å². The molecule has 0 aliphatic carbocycles. The van der Waals surface area contributed by atoms with Crippen LogP contribution in [0.2, 0.25) is 0 Å². The zero-order chi connectivity index (χ0) is 24.3. The quantitative estimate of drug-likeness (QED) is 0.614. The fraction of sp³-hybridized carbons (Fsp3) is 0.667. The van der Waals surface area contributed by atoms with E-state index in [-0.39, 0.29) is 24.0 Å². The molecule has 2 aromatic heterocycles. The van der Waals surface area contributed by atoms with Gasteiger partial charge in [0.2, 0.25) is 11.8 Å². The lowest BCUT2D eigenvalue weighted by molar-refractivity contribution is -0.144. The fourth-order valence-electron chi connectivity index (χ4n) is 4.10. The van der Waals surface area contributed by atoms with Crippen molar-refractivity contribution in [2.24, 2.45) is 0 Å². The molecular weight excluding hydrogens is 439 g/mol. The van der Waals surface area contributed by atoms with Crippen LogP contribution in [0.25, 0.3) is 5.78 Å². The van der Waals surface area contributed by atoms with Gasteiger partial charge in [0, 0.05) is 57.1 Å². The second-order valence-corrected chi connectivity index (χ2v) is 8.13. The molecule has 12 heteroatoms. The van der Waals surface area contributed by atoms with Crippen molar-refractivity contribution in [3.8, 4) is 0 Å². The van der Waals surface area contributed by atoms with E-state index in [2.05, 4.69) is 20.0 Å². The Morgan fingerprint density at radius 1 is 1.03 bits per heavy atom. The SMILES string of the molecule is CCN(CC)C(=O)CN1CCN(C(=O)CCc2c(C)nc3nc(C(F)(F)F)nn3c2C)CC1. The first-order valence-corrected chi connectivity index (χ1v) is 11.1. The van der Waals surface area contributed by atoms with Crippen LogP contribution in [0.3, 0.4) is 0 Å². The van der Waals surface area contributed by atoms with Crippen LogP contribution in [0.15, 0.2) is 0 Å². The summed E-state index contributed by atoms with van der Waals surface area (Å²) in [6.45, 7) is 11.3. The Bertz CT molecular complexity index is 1010. The second-order valence-electron chi connectivity index (χ2n) is 8.13. The van der Waals surface area contributed by atoms with E-state index in [0.717, 1.165) is 4.52 Å². The minimum Gasteiger partial charge on any atom is -0.342 e. The molecule has 0 N–H and O–H groups in total. The number of carbonyl (C=O) groups is 2. The summed E-state index contributed by atoms with van der Waals surface area (Å²) in [6.07, 6.45) is -4.09. The Morgan fingerprint density at radius 2 is 1.67 bits per heavy atom. The lowest BCUT2D eigenvalue weighted by Crippen LogP contribution is -2.51. The molecule has 3 rings (SSSR count). The number of nitrogens with zero attached hydrogens (tertiary/aromatic N) is 7. The summed E-state index contributed by atoms with van der Waals surface area (Å²) in [6, 6.07) is 0. The third-order valence-electron chi connectivity index (χ3n) is 6.09. The molecular formula is C21H30F3N7O2. The molecule has 2 aromatic rings. The fourth-order valence-corrected chi connectivity index (χ4v) is 4.10. The van der Waals surface area contributed by atoms with E-state index in [9.17, 15) is 22.8 Å². The minimum atomic E-state index is -4.65. The number of alkyl halides is 3. The summed E-state index contributed by atoms with van der Waals surface area (Å²) in [5, 5.41) is 3.54. The molecule has 0 bridgehead atoms. The number of hydrogen-bond donors (Lipinski definition) is 0. The van der Waals surface area contributed by atoms with E-state index in [1.54, 1.807) is 23.6 Å². The maximum absolute atomic E-state index is 13.0. The highest BCUT2D eigenvalue weighted by atomic mass is 19.4. The van der Waals surface area contributed by atoms with Crippen LogP contribution < -0.4 is 0 Å². The van der Waals surface area contributed by atoms with Crippen LogP contribution in [0.1, 0.15) is 43.0 Å². The van der Waals surface area contributed by atoms with Crippen molar-refractivity contribution in [2.75, 3.05) is 45.8 Å². The third kappa shape index (κ3) is 5.60. The van der Waals surface area contributed by atoms with E-state index >= 15 is 0 Å². The molecule has 1 aliphatic heterocycles. The summed E-state index contributed by atoms with van der Waals surface area (Å²) in [5.74, 6) is -1.28. The molecule has 0 spiro atoms. The van der Waals surface area contributed by atoms with Crippen molar-refractivity contribution in [2.45, 2.75) is 46.7 Å². The summed E-state index contributed by atoms with van der Waals surface area (Å²) < 4.78 is 39.9. The summed E-state index contributed by atoms with van der Waals surface area (Å²) in [5.41, 5.74) is 1.72. The van der Waals surface area contributed by atoms with Crippen molar-refractivity contribution in [3.05, 3.63) is 22.8 Å². The molecule has 3 heterocycles. The Hall–Kier alpha value is -2.76. The Morgan fingerprint density at radius 3 is 2.24 bits per heavy atom. The lowest BCUT2D eigenvalue weighted by atomic mass is 10.1. The summed E-state index contributed by atoms with van der Waals surface area (Å²) in [4.78, 5) is 38.3. The van der Waals surface area contributed by atoms with Gasteiger partial charge in [-0.15, -0.1) is 5.10 Å². The standard InChI is InChI=1S/C21H30F3N7O2/c1-5-29(6-2)18(33)13-28-9-11-30(12-10-28)17(32)8-7-16-14(3)25-20-26-19(21(22,23)24)27-31(20)15(16)4/h5-13H2,1-4H3. The van der Waals surface area contributed by atoms with Crippen molar-refractivity contribution >= 4 is 17.6 Å². The number of rotatable bonds is 7. The predicted molar refractivity (Wildman–Crippen MR) is 115 cm³/mol. The third-order valence-corrected chi connectivity index (χ3v) is 6.09. The van der Waals surface area contributed by atoms with Crippen LogP contribution in [0.5, 0.6) is 0 Å². The Balaban J connectivity index is 1.58. The van der Waals surface area contributed by atoms with E-state index in [1.807, 2.05) is 13.8 Å². The number of piperazine rings is 1. The molecule has 2 amide bonds. The molecule has 33 heavy (non-hydrogen) atoms. The first-order chi connectivity index (χ1) is 15.5. The van der Waals surface area contributed by atoms with Crippen molar-refractivity contribution in [3.63, 3.8) is 0 Å². The number of aryl methyl sites for hydroxylation is 2. The van der Waals surface area contributed by atoms with Crippen molar-refractivity contribution in [1.29, 1.82) is 0 Å². The lowest BCUT2D eigenvalue weighted by Gasteiger charge is -2.35. The minimum absolute atomic E-state index is 0.0295. The number of carbonyl (C=O) groups excluding carboxylic acids is 2. The van der Waals surface area contributed by atoms with Gasteiger partial charge in [-0.05, 0) is 39.7 Å². The van der Waals surface area contributed by atoms with Crippen molar-refractivity contribution in [1.82, 2.24) is 34.3 Å². The van der Waals surface area contributed by atoms with Gasteiger partial charge in [0.1, 0.15) is 0 Å². The van der Waals surface area contributed by atoms with Crippen LogP contribution in [0.4, 0.5) is 13.2 Å². The van der Waals surface area contributed by atoms with Gasteiger partial charge >= 0.3 is 6.18 Å². The smallest absolute Gasteiger partial charge is 0.342 e. The van der Waals surface area contributed by atoms with Gasteiger partial charge < -0.3 is 9.80 Å². The van der Waals surface area contributed by atoms with Gasteiger partial charge in [-0.1, -0.05) is 0 Å². The molecule has 0 saturated carbocycles. The second kappa shape index (κ2) is 10.0. The number of hydrogen-bond acceptors (Lipinski definition) is 6. The normalized spacial score (nSPS) is 15.3. The molecule has 1 saturated heterocycles. The zero-order valence-corrected chi connectivity index (χ0v) is 19.4. The molecule has 1 fully saturated rings. The molecule has 0 unspecified atom stereocenters. The number of likely N-dealkylation sites (N-methyl/N-ethyl adjacent to an activating group) is 1. The number of fused-ring (bicyclic) bond motifs is 1. The highest BCUT2D eigenvalue weighted by Crippen LogP contribution is 2.27. The van der Waals surface area contributed by atoms with Gasteiger partial charge in [0.25, 0.3) is 11.6 Å². The van der Waals surface area contributed by atoms with Gasteiger partial charge in [-0.3, -0.25) is 14.5 Å². The van der Waals surface area contributed by atoms with Crippen LogP contribution >= 0.6 is 0 Å². The number of aromatic nitrogens is 4. The molecule has 0 aromatic carbocycles. The van der Waals surface area contributed by atoms with Crippen LogP contribution in [-0.2, 0) is 22.2 Å². The van der Waals surface area contributed by atoms with Gasteiger partial charge in [0.05, 0.1) is 6.54 Å². The average Bonchev–Trinajstić information content (AvgIpc) is 3.19. The zero-order valence-electron chi connectivity index (χ0n) is 19.4. The first-order valence-electron chi connectivity index (χ1n) is 11.1. The molecule has 182 valence electrons. The number of halogens is 3. The largest absolute Gasteiger partial charge is 0.453 e. The highest BCUT2D eigenvalue weighted by molar-refractivity contribution is 5.78. The highest BCUT2D eigenvalue weighted by Gasteiger charge is 2.37. The summed E-state index contributed by atoms with van der Waals surface area (Å²) in [7, 11) is 0.